The van der Waals surface area contributed by atoms with Crippen molar-refractivity contribution in [3.05, 3.63) is 40.5 Å². The predicted molar refractivity (Wildman–Crippen MR) is 99.1 cm³/mol. The van der Waals surface area contributed by atoms with Gasteiger partial charge in [-0.3, -0.25) is 9.59 Å². The summed E-state index contributed by atoms with van der Waals surface area (Å²) >= 11 is 1.45. The molecule has 3 rings (SSSR count). The number of nitrogens with one attached hydrogen (secondary N) is 2. The van der Waals surface area contributed by atoms with Crippen LogP contribution in [0.1, 0.15) is 17.3 Å². The zero-order valence-corrected chi connectivity index (χ0v) is 15.4. The van der Waals surface area contributed by atoms with Gasteiger partial charge in [0.15, 0.2) is 0 Å². The number of hydrogen-bond donors (Lipinski definition) is 2. The normalized spacial score (nSPS) is 20.3. The molecule has 0 bridgehead atoms. The number of benzene rings is 1. The lowest BCUT2D eigenvalue weighted by molar-refractivity contribution is -0.112. The van der Waals surface area contributed by atoms with Crippen LogP contribution in [0.4, 0.5) is 5.69 Å². The number of allylic oxidation sites excluding steroid dienone is 1. The van der Waals surface area contributed by atoms with Crippen molar-refractivity contribution >= 4 is 29.3 Å². The van der Waals surface area contributed by atoms with E-state index in [1.807, 2.05) is 0 Å². The van der Waals surface area contributed by atoms with E-state index in [2.05, 4.69) is 10.6 Å². The minimum Gasteiger partial charge on any atom is -0.496 e. The molecule has 1 saturated heterocycles. The maximum atomic E-state index is 12.5. The van der Waals surface area contributed by atoms with Crippen LogP contribution < -0.4 is 10.6 Å². The average Bonchev–Trinajstić information content (AvgIpc) is 2.67. The highest BCUT2D eigenvalue weighted by Gasteiger charge is 2.21. The van der Waals surface area contributed by atoms with Gasteiger partial charge in [-0.25, -0.2) is 0 Å². The van der Waals surface area contributed by atoms with Crippen molar-refractivity contribution in [1.29, 1.82) is 0 Å². The third kappa shape index (κ3) is 4.78. The molecule has 1 fully saturated rings. The van der Waals surface area contributed by atoms with Crippen LogP contribution in [0.15, 0.2) is 34.9 Å². The van der Waals surface area contributed by atoms with Gasteiger partial charge in [0.25, 0.3) is 11.8 Å². The van der Waals surface area contributed by atoms with Crippen LogP contribution in [-0.2, 0) is 19.0 Å². The highest BCUT2D eigenvalue weighted by atomic mass is 32.2. The summed E-state index contributed by atoms with van der Waals surface area (Å²) in [7, 11) is 0. The van der Waals surface area contributed by atoms with Gasteiger partial charge >= 0.3 is 0 Å². The van der Waals surface area contributed by atoms with Crippen LogP contribution in [0, 0.1) is 0 Å². The third-order valence-corrected chi connectivity index (χ3v) is 5.10. The number of anilines is 1. The average molecular weight is 378 g/mol. The van der Waals surface area contributed by atoms with Gasteiger partial charge in [0.05, 0.1) is 43.8 Å². The minimum atomic E-state index is -0.270. The first-order chi connectivity index (χ1) is 12.6. The Bertz CT molecular complexity index is 701. The molecular weight excluding hydrogens is 356 g/mol. The fourth-order valence-corrected chi connectivity index (χ4v) is 3.47. The summed E-state index contributed by atoms with van der Waals surface area (Å²) in [5, 5.41) is 5.65. The molecule has 2 heterocycles. The lowest BCUT2D eigenvalue weighted by atomic mass is 10.1. The molecule has 0 spiro atoms. The van der Waals surface area contributed by atoms with E-state index in [4.69, 9.17) is 14.2 Å². The van der Waals surface area contributed by atoms with E-state index in [9.17, 15) is 9.59 Å². The van der Waals surface area contributed by atoms with Crippen LogP contribution in [0.2, 0.25) is 0 Å². The molecule has 2 amide bonds. The molecule has 0 saturated carbocycles. The lowest BCUT2D eigenvalue weighted by Crippen LogP contribution is -2.39. The molecular formula is C18H22N2O5S. The van der Waals surface area contributed by atoms with Gasteiger partial charge in [-0.05, 0) is 19.1 Å². The number of rotatable bonds is 5. The third-order valence-electron chi connectivity index (χ3n) is 3.97. The molecule has 8 heteroatoms. The Balaban J connectivity index is 1.65. The van der Waals surface area contributed by atoms with Gasteiger partial charge < -0.3 is 24.8 Å². The quantitative estimate of drug-likeness (QED) is 0.812. The lowest BCUT2D eigenvalue weighted by Gasteiger charge is -2.23. The van der Waals surface area contributed by atoms with E-state index in [-0.39, 0.29) is 17.9 Å². The van der Waals surface area contributed by atoms with Crippen molar-refractivity contribution in [3.63, 3.8) is 0 Å². The van der Waals surface area contributed by atoms with E-state index in [1.54, 1.807) is 31.2 Å². The number of thioether (sulfide) groups is 1. The van der Waals surface area contributed by atoms with Crippen LogP contribution in [-0.4, -0.2) is 56.6 Å². The molecule has 1 aromatic carbocycles. The first-order valence-corrected chi connectivity index (χ1v) is 9.48. The molecule has 2 aliphatic heterocycles. The second kappa shape index (κ2) is 9.07. The summed E-state index contributed by atoms with van der Waals surface area (Å²) in [6.07, 6.45) is -0.155. The molecule has 2 N–H and O–H groups in total. The van der Waals surface area contributed by atoms with E-state index >= 15 is 0 Å². The van der Waals surface area contributed by atoms with Gasteiger partial charge in [0.2, 0.25) is 0 Å². The van der Waals surface area contributed by atoms with Gasteiger partial charge in [0.1, 0.15) is 10.7 Å². The number of ether oxygens (including phenoxy) is 3. The van der Waals surface area contributed by atoms with E-state index in [1.165, 1.54) is 11.8 Å². The standard InChI is InChI=1S/C18H22N2O5S/c1-12-16(26-9-8-24-12)18(22)20-15-5-3-2-4-14(15)17(21)19-10-13-11-23-6-7-25-13/h2-5,13H,6-11H2,1H3,(H,19,21)(H,20,22)/t13-/m0/s1. The number of hydrogen-bond acceptors (Lipinski definition) is 6. The second-order valence-electron chi connectivity index (χ2n) is 5.86. The molecule has 140 valence electrons. The van der Waals surface area contributed by atoms with Gasteiger partial charge in [0, 0.05) is 12.3 Å². The van der Waals surface area contributed by atoms with Crippen LogP contribution in [0.25, 0.3) is 0 Å². The maximum absolute atomic E-state index is 12.5. The monoisotopic (exact) mass is 378 g/mol. The SMILES string of the molecule is CC1=C(C(=O)Nc2ccccc2C(=O)NC[C@H]2COCCO2)SCCO1. The Labute approximate surface area is 156 Å². The van der Waals surface area contributed by atoms with Crippen LogP contribution >= 0.6 is 11.8 Å². The molecule has 0 aromatic heterocycles. The molecule has 1 atom stereocenters. The Kier molecular flexibility index (Phi) is 6.54. The summed E-state index contributed by atoms with van der Waals surface area (Å²) in [4.78, 5) is 25.6. The largest absolute Gasteiger partial charge is 0.496 e. The Morgan fingerprint density at radius 1 is 1.19 bits per heavy atom. The highest BCUT2D eigenvalue weighted by Crippen LogP contribution is 2.27. The zero-order valence-electron chi connectivity index (χ0n) is 14.6. The van der Waals surface area contributed by atoms with Crippen molar-refractivity contribution in [1.82, 2.24) is 5.32 Å². The van der Waals surface area contributed by atoms with Crippen LogP contribution in [0.3, 0.4) is 0 Å². The Hall–Kier alpha value is -2.03. The van der Waals surface area contributed by atoms with E-state index in [0.29, 0.717) is 54.9 Å². The molecule has 0 aliphatic carbocycles. The summed E-state index contributed by atoms with van der Waals surface area (Å²) in [5.74, 6) is 0.797. The number of amides is 2. The molecule has 0 unspecified atom stereocenters. The Morgan fingerprint density at radius 3 is 2.81 bits per heavy atom. The molecule has 7 nitrogen and oxygen atoms in total. The van der Waals surface area contributed by atoms with E-state index < -0.39 is 0 Å². The topological polar surface area (TPSA) is 85.9 Å². The van der Waals surface area contributed by atoms with Crippen LogP contribution in [0.5, 0.6) is 0 Å². The van der Waals surface area contributed by atoms with Crippen molar-refractivity contribution in [2.45, 2.75) is 13.0 Å². The summed E-state index contributed by atoms with van der Waals surface area (Å²) < 4.78 is 16.3. The molecule has 26 heavy (non-hydrogen) atoms. The van der Waals surface area contributed by atoms with Gasteiger partial charge in [-0.1, -0.05) is 12.1 Å². The van der Waals surface area contributed by atoms with Gasteiger partial charge in [-0.15, -0.1) is 11.8 Å². The summed E-state index contributed by atoms with van der Waals surface area (Å²) in [5.41, 5.74) is 0.861. The van der Waals surface area contributed by atoms with Crippen molar-refractivity contribution in [2.75, 3.05) is 44.0 Å². The predicted octanol–water partition coefficient (Wildman–Crippen LogP) is 1.77. The van der Waals surface area contributed by atoms with E-state index in [0.717, 1.165) is 5.75 Å². The van der Waals surface area contributed by atoms with Gasteiger partial charge in [-0.2, -0.15) is 0 Å². The van der Waals surface area contributed by atoms with Crippen molar-refractivity contribution in [2.24, 2.45) is 0 Å². The summed E-state index contributed by atoms with van der Waals surface area (Å²) in [6.45, 7) is 4.29. The smallest absolute Gasteiger partial charge is 0.265 e. The first-order valence-electron chi connectivity index (χ1n) is 8.49. The minimum absolute atomic E-state index is 0.155. The fraction of sp³-hybridized carbons (Fsp3) is 0.444. The first kappa shape index (κ1) is 18.8. The maximum Gasteiger partial charge on any atom is 0.265 e. The zero-order chi connectivity index (χ0) is 18.4. The van der Waals surface area contributed by atoms with Crippen molar-refractivity contribution < 1.29 is 23.8 Å². The number of para-hydroxylation sites is 1. The number of carbonyl (C=O) groups is 2. The Morgan fingerprint density at radius 2 is 2.04 bits per heavy atom. The fourth-order valence-electron chi connectivity index (χ4n) is 2.66. The number of carbonyl (C=O) groups excluding carboxylic acids is 2. The molecule has 0 radical (unpaired) electrons. The summed E-state index contributed by atoms with van der Waals surface area (Å²) in [6, 6.07) is 6.91. The van der Waals surface area contributed by atoms with Crippen molar-refractivity contribution in [3.8, 4) is 0 Å². The molecule has 2 aliphatic rings. The molecule has 1 aromatic rings. The second-order valence-corrected chi connectivity index (χ2v) is 6.96. The highest BCUT2D eigenvalue weighted by molar-refractivity contribution is 8.04.